The average molecular weight is 338 g/mol. The summed E-state index contributed by atoms with van der Waals surface area (Å²) in [5.74, 6) is 0.865. The summed E-state index contributed by atoms with van der Waals surface area (Å²) in [7, 11) is 2.04. The maximum Gasteiger partial charge on any atom is 0.239 e. The third kappa shape index (κ3) is 3.33. The van der Waals surface area contributed by atoms with E-state index in [1.165, 1.54) is 24.0 Å². The topological polar surface area (TPSA) is 50.2 Å². The molecule has 0 aliphatic heterocycles. The Bertz CT molecular complexity index is 748. The number of fused-ring (bicyclic) bond motifs is 1. The van der Waals surface area contributed by atoms with Crippen molar-refractivity contribution in [1.29, 1.82) is 0 Å². The molecule has 1 aromatic carbocycles. The van der Waals surface area contributed by atoms with E-state index in [1.54, 1.807) is 6.20 Å². The molecule has 0 bridgehead atoms. The van der Waals surface area contributed by atoms with Crippen molar-refractivity contribution in [1.82, 2.24) is 14.7 Å². The van der Waals surface area contributed by atoms with Crippen molar-refractivity contribution in [3.05, 3.63) is 47.7 Å². The Labute approximate surface area is 149 Å². The number of aromatic nitrogens is 2. The highest BCUT2D eigenvalue weighted by Crippen LogP contribution is 2.35. The molecule has 5 heteroatoms. The standard InChI is InChI=1S/C20H26N4O/c1-23(18-11-10-15-6-2-5-9-17(15)18)14-20(25)22-19-12-13-21-24(19)16-7-3-4-8-16/h2,5-6,9,12-13,16,18H,3-4,7-8,10-11,14H2,1H3,(H,22,25)/t18-/m0/s1. The Hall–Kier alpha value is -2.14. The maximum absolute atomic E-state index is 12.6. The fourth-order valence-electron chi connectivity index (χ4n) is 4.36. The predicted molar refractivity (Wildman–Crippen MR) is 98.5 cm³/mol. The molecule has 1 heterocycles. The third-order valence-electron chi connectivity index (χ3n) is 5.63. The van der Waals surface area contributed by atoms with Crippen LogP contribution in [0.25, 0.3) is 0 Å². The molecule has 0 radical (unpaired) electrons. The molecule has 1 N–H and O–H groups in total. The van der Waals surface area contributed by atoms with Crippen LogP contribution in [0.5, 0.6) is 0 Å². The van der Waals surface area contributed by atoms with Crippen LogP contribution < -0.4 is 5.32 Å². The van der Waals surface area contributed by atoms with Crippen LogP contribution in [-0.2, 0) is 11.2 Å². The molecular weight excluding hydrogens is 312 g/mol. The van der Waals surface area contributed by atoms with Gasteiger partial charge in [-0.2, -0.15) is 5.10 Å². The molecule has 1 amide bonds. The van der Waals surface area contributed by atoms with E-state index in [0.717, 1.165) is 31.5 Å². The number of anilines is 1. The monoisotopic (exact) mass is 338 g/mol. The van der Waals surface area contributed by atoms with Crippen molar-refractivity contribution >= 4 is 11.7 Å². The highest BCUT2D eigenvalue weighted by molar-refractivity contribution is 5.91. The Balaban J connectivity index is 1.39. The number of nitrogens with zero attached hydrogens (tertiary/aromatic N) is 3. The van der Waals surface area contributed by atoms with Gasteiger partial charge in [0, 0.05) is 12.1 Å². The predicted octanol–water partition coefficient (Wildman–Crippen LogP) is 3.56. The minimum absolute atomic E-state index is 0.0339. The second-order valence-electron chi connectivity index (χ2n) is 7.32. The lowest BCUT2D eigenvalue weighted by atomic mass is 10.1. The van der Waals surface area contributed by atoms with E-state index in [9.17, 15) is 4.79 Å². The van der Waals surface area contributed by atoms with Crippen LogP contribution >= 0.6 is 0 Å². The van der Waals surface area contributed by atoms with Gasteiger partial charge in [0.05, 0.1) is 18.8 Å². The van der Waals surface area contributed by atoms with Gasteiger partial charge in [-0.15, -0.1) is 0 Å². The lowest BCUT2D eigenvalue weighted by molar-refractivity contribution is -0.117. The van der Waals surface area contributed by atoms with Gasteiger partial charge in [0.2, 0.25) is 5.91 Å². The molecule has 2 aliphatic carbocycles. The third-order valence-corrected chi connectivity index (χ3v) is 5.63. The lowest BCUT2D eigenvalue weighted by Gasteiger charge is -2.24. The summed E-state index contributed by atoms with van der Waals surface area (Å²) in [4.78, 5) is 14.7. The van der Waals surface area contributed by atoms with Crippen LogP contribution in [0.3, 0.4) is 0 Å². The molecule has 0 spiro atoms. The number of benzene rings is 1. The second-order valence-corrected chi connectivity index (χ2v) is 7.32. The molecule has 2 aliphatic rings. The fourth-order valence-corrected chi connectivity index (χ4v) is 4.36. The van der Waals surface area contributed by atoms with Crippen LogP contribution in [0.15, 0.2) is 36.5 Å². The Kier molecular flexibility index (Phi) is 4.57. The molecule has 2 aromatic rings. The molecule has 1 saturated carbocycles. The van der Waals surface area contributed by atoms with Gasteiger partial charge in [0.1, 0.15) is 5.82 Å². The van der Waals surface area contributed by atoms with Gasteiger partial charge < -0.3 is 5.32 Å². The first-order chi connectivity index (χ1) is 12.2. The first-order valence-electron chi connectivity index (χ1n) is 9.34. The summed E-state index contributed by atoms with van der Waals surface area (Å²) in [5.41, 5.74) is 2.79. The Morgan fingerprint density at radius 2 is 2.04 bits per heavy atom. The van der Waals surface area contributed by atoms with E-state index in [2.05, 4.69) is 39.6 Å². The number of hydrogen-bond acceptors (Lipinski definition) is 3. The van der Waals surface area contributed by atoms with E-state index in [0.29, 0.717) is 18.6 Å². The summed E-state index contributed by atoms with van der Waals surface area (Å²) < 4.78 is 2.00. The van der Waals surface area contributed by atoms with Crippen LogP contribution in [0.1, 0.15) is 55.3 Å². The number of rotatable bonds is 5. The van der Waals surface area contributed by atoms with E-state index in [4.69, 9.17) is 0 Å². The first kappa shape index (κ1) is 16.3. The summed E-state index contributed by atoms with van der Waals surface area (Å²) in [6.45, 7) is 0.398. The lowest BCUT2D eigenvalue weighted by Crippen LogP contribution is -2.33. The number of carbonyl (C=O) groups is 1. The van der Waals surface area contributed by atoms with Crippen molar-refractivity contribution in [3.63, 3.8) is 0 Å². The van der Waals surface area contributed by atoms with E-state index >= 15 is 0 Å². The molecule has 5 nitrogen and oxygen atoms in total. The zero-order chi connectivity index (χ0) is 17.2. The van der Waals surface area contributed by atoms with Gasteiger partial charge in [-0.3, -0.25) is 9.69 Å². The van der Waals surface area contributed by atoms with Crippen LogP contribution in [-0.4, -0.2) is 34.2 Å². The number of aryl methyl sites for hydroxylation is 1. The number of carbonyl (C=O) groups excluding carboxylic acids is 1. The maximum atomic E-state index is 12.6. The second kappa shape index (κ2) is 7.00. The molecule has 132 valence electrons. The number of nitrogens with one attached hydrogen (secondary N) is 1. The number of amides is 1. The Morgan fingerprint density at radius 3 is 2.88 bits per heavy atom. The molecule has 4 rings (SSSR count). The molecule has 1 aromatic heterocycles. The zero-order valence-electron chi connectivity index (χ0n) is 14.8. The minimum atomic E-state index is 0.0339. The van der Waals surface area contributed by atoms with Crippen molar-refractivity contribution in [3.8, 4) is 0 Å². The molecule has 25 heavy (non-hydrogen) atoms. The van der Waals surface area contributed by atoms with Crippen LogP contribution in [0.2, 0.25) is 0 Å². The van der Waals surface area contributed by atoms with Gasteiger partial charge in [-0.05, 0) is 43.9 Å². The van der Waals surface area contributed by atoms with Gasteiger partial charge in [-0.1, -0.05) is 37.1 Å². The van der Waals surface area contributed by atoms with Crippen LogP contribution in [0.4, 0.5) is 5.82 Å². The molecular formula is C20H26N4O. The average Bonchev–Trinajstić information content (AvgIpc) is 3.34. The highest BCUT2D eigenvalue weighted by Gasteiger charge is 2.27. The van der Waals surface area contributed by atoms with Gasteiger partial charge >= 0.3 is 0 Å². The Morgan fingerprint density at radius 1 is 1.24 bits per heavy atom. The molecule has 1 atom stereocenters. The summed E-state index contributed by atoms with van der Waals surface area (Å²) in [5, 5.41) is 7.49. The number of likely N-dealkylation sites (N-methyl/N-ethyl adjacent to an activating group) is 1. The fraction of sp³-hybridized carbons (Fsp3) is 0.500. The van der Waals surface area contributed by atoms with Gasteiger partial charge in [0.25, 0.3) is 0 Å². The minimum Gasteiger partial charge on any atom is -0.310 e. The molecule has 0 saturated heterocycles. The van der Waals surface area contributed by atoms with Crippen LogP contribution in [0, 0.1) is 0 Å². The van der Waals surface area contributed by atoms with E-state index in [-0.39, 0.29) is 5.91 Å². The SMILES string of the molecule is CN(CC(=O)Nc1ccnn1C1CCCC1)[C@H]1CCc2ccccc21. The summed E-state index contributed by atoms with van der Waals surface area (Å²) in [6.07, 6.45) is 8.78. The van der Waals surface area contributed by atoms with Crippen molar-refractivity contribution < 1.29 is 4.79 Å². The molecule has 1 fully saturated rings. The summed E-state index contributed by atoms with van der Waals surface area (Å²) in [6, 6.07) is 11.2. The molecule has 0 unspecified atom stereocenters. The largest absolute Gasteiger partial charge is 0.310 e. The summed E-state index contributed by atoms with van der Waals surface area (Å²) >= 11 is 0. The van der Waals surface area contributed by atoms with Gasteiger partial charge in [0.15, 0.2) is 0 Å². The van der Waals surface area contributed by atoms with Crippen molar-refractivity contribution in [2.24, 2.45) is 0 Å². The van der Waals surface area contributed by atoms with E-state index < -0.39 is 0 Å². The first-order valence-corrected chi connectivity index (χ1v) is 9.34. The van der Waals surface area contributed by atoms with E-state index in [1.807, 2.05) is 17.8 Å². The van der Waals surface area contributed by atoms with Crippen molar-refractivity contribution in [2.75, 3.05) is 18.9 Å². The van der Waals surface area contributed by atoms with Gasteiger partial charge in [-0.25, -0.2) is 4.68 Å². The number of hydrogen-bond donors (Lipinski definition) is 1. The zero-order valence-corrected chi connectivity index (χ0v) is 14.8. The normalized spacial score (nSPS) is 20.2. The quantitative estimate of drug-likeness (QED) is 0.907. The van der Waals surface area contributed by atoms with Crippen molar-refractivity contribution in [2.45, 2.75) is 50.6 Å². The smallest absolute Gasteiger partial charge is 0.239 e. The highest BCUT2D eigenvalue weighted by atomic mass is 16.2.